The normalized spacial score (nSPS) is 10.7. The number of hydrogen-bond donors (Lipinski definition) is 2. The molecule has 6 nitrogen and oxygen atoms in total. The van der Waals surface area contributed by atoms with Gasteiger partial charge in [-0.25, -0.2) is 4.98 Å². The van der Waals surface area contributed by atoms with Crippen LogP contribution in [0.2, 0.25) is 0 Å². The lowest BCUT2D eigenvalue weighted by molar-refractivity contribution is 0.101. The molecular weight excluding hydrogens is 340 g/mol. The highest BCUT2D eigenvalue weighted by atomic mass is 16.5. The Balaban J connectivity index is 1.54. The molecule has 4 rings (SSSR count). The summed E-state index contributed by atoms with van der Waals surface area (Å²) in [5.74, 6) is 1.53. The number of aromatic amines is 1. The molecule has 0 fully saturated rings. The van der Waals surface area contributed by atoms with Crippen molar-refractivity contribution in [1.29, 1.82) is 0 Å². The molecule has 0 bridgehead atoms. The van der Waals surface area contributed by atoms with Crippen LogP contribution in [0, 0.1) is 6.92 Å². The zero-order valence-electron chi connectivity index (χ0n) is 15.0. The second kappa shape index (κ2) is 6.92. The molecular formula is C21H18N4O2. The molecule has 0 saturated heterocycles. The van der Waals surface area contributed by atoms with Crippen molar-refractivity contribution in [2.75, 3.05) is 5.32 Å². The van der Waals surface area contributed by atoms with E-state index in [2.05, 4.69) is 26.3 Å². The van der Waals surface area contributed by atoms with Gasteiger partial charge in [0.2, 0.25) is 11.8 Å². The minimum absolute atomic E-state index is 0.00652. The Morgan fingerprint density at radius 2 is 2.00 bits per heavy atom. The number of aryl methyl sites for hydroxylation is 1. The molecule has 0 spiro atoms. The van der Waals surface area contributed by atoms with E-state index in [0.717, 1.165) is 22.3 Å². The van der Waals surface area contributed by atoms with E-state index >= 15 is 0 Å². The van der Waals surface area contributed by atoms with Gasteiger partial charge in [-0.2, -0.15) is 4.98 Å². The lowest BCUT2D eigenvalue weighted by Crippen LogP contribution is -2.00. The van der Waals surface area contributed by atoms with Gasteiger partial charge in [0.25, 0.3) is 0 Å². The van der Waals surface area contributed by atoms with Crippen LogP contribution in [0.3, 0.4) is 0 Å². The average molecular weight is 358 g/mol. The molecule has 0 aliphatic rings. The fourth-order valence-corrected chi connectivity index (χ4v) is 2.84. The third kappa shape index (κ3) is 3.79. The topological polar surface area (TPSA) is 79.9 Å². The summed E-state index contributed by atoms with van der Waals surface area (Å²) in [6.45, 7) is 3.55. The zero-order chi connectivity index (χ0) is 18.8. The Kier molecular flexibility index (Phi) is 4.30. The molecule has 2 aromatic carbocycles. The first-order chi connectivity index (χ1) is 13.1. The molecule has 6 heteroatoms. The van der Waals surface area contributed by atoms with Gasteiger partial charge in [-0.15, -0.1) is 0 Å². The fourth-order valence-electron chi connectivity index (χ4n) is 2.84. The van der Waals surface area contributed by atoms with Gasteiger partial charge in [-0.3, -0.25) is 4.79 Å². The predicted octanol–water partition coefficient (Wildman–Crippen LogP) is 5.00. The van der Waals surface area contributed by atoms with Crippen LogP contribution in [0.5, 0.6) is 11.6 Å². The molecule has 27 heavy (non-hydrogen) atoms. The molecule has 0 saturated carbocycles. The molecule has 0 aliphatic carbocycles. The quantitative estimate of drug-likeness (QED) is 0.491. The van der Waals surface area contributed by atoms with Crippen LogP contribution in [0.1, 0.15) is 23.0 Å². The third-order valence-corrected chi connectivity index (χ3v) is 4.10. The highest BCUT2D eigenvalue weighted by Gasteiger charge is 2.06. The van der Waals surface area contributed by atoms with Gasteiger partial charge in [-0.1, -0.05) is 12.1 Å². The number of H-pyrrole nitrogens is 1. The Morgan fingerprint density at radius 3 is 2.85 bits per heavy atom. The molecule has 0 unspecified atom stereocenters. The first-order valence-electron chi connectivity index (χ1n) is 8.55. The standard InChI is InChI=1S/C21H18N4O2/c1-13-10-16-12-18(6-7-19(16)23-13)27-20-8-9-22-21(25-20)24-17-5-3-4-15(11-17)14(2)26/h3-12,23H,1-2H3,(H,22,24,25). The maximum Gasteiger partial charge on any atom is 0.230 e. The lowest BCUT2D eigenvalue weighted by atomic mass is 10.1. The van der Waals surface area contributed by atoms with Gasteiger partial charge in [0.05, 0.1) is 0 Å². The number of fused-ring (bicyclic) bond motifs is 1. The first kappa shape index (κ1) is 16.8. The van der Waals surface area contributed by atoms with Crippen LogP contribution in [-0.4, -0.2) is 20.7 Å². The van der Waals surface area contributed by atoms with Crippen LogP contribution >= 0.6 is 0 Å². The second-order valence-corrected chi connectivity index (χ2v) is 6.28. The van der Waals surface area contributed by atoms with Gasteiger partial charge in [0.1, 0.15) is 5.75 Å². The van der Waals surface area contributed by atoms with Crippen molar-refractivity contribution < 1.29 is 9.53 Å². The Morgan fingerprint density at radius 1 is 1.11 bits per heavy atom. The molecule has 2 N–H and O–H groups in total. The highest BCUT2D eigenvalue weighted by molar-refractivity contribution is 5.95. The van der Waals surface area contributed by atoms with Crippen molar-refractivity contribution in [2.24, 2.45) is 0 Å². The summed E-state index contributed by atoms with van der Waals surface area (Å²) in [7, 11) is 0. The summed E-state index contributed by atoms with van der Waals surface area (Å²) < 4.78 is 5.88. The third-order valence-electron chi connectivity index (χ3n) is 4.10. The van der Waals surface area contributed by atoms with Crippen molar-refractivity contribution in [3.63, 3.8) is 0 Å². The van der Waals surface area contributed by atoms with E-state index in [1.54, 1.807) is 24.4 Å². The average Bonchev–Trinajstić information content (AvgIpc) is 3.01. The largest absolute Gasteiger partial charge is 0.439 e. The smallest absolute Gasteiger partial charge is 0.230 e. The number of hydrogen-bond acceptors (Lipinski definition) is 5. The van der Waals surface area contributed by atoms with E-state index in [1.807, 2.05) is 37.3 Å². The zero-order valence-corrected chi connectivity index (χ0v) is 15.0. The Hall–Kier alpha value is -3.67. The van der Waals surface area contributed by atoms with E-state index < -0.39 is 0 Å². The van der Waals surface area contributed by atoms with Crippen LogP contribution in [0.4, 0.5) is 11.6 Å². The van der Waals surface area contributed by atoms with E-state index in [9.17, 15) is 4.79 Å². The van der Waals surface area contributed by atoms with Gasteiger partial charge in [0, 0.05) is 40.1 Å². The van der Waals surface area contributed by atoms with E-state index in [0.29, 0.717) is 23.1 Å². The number of carbonyl (C=O) groups is 1. The number of nitrogens with one attached hydrogen (secondary N) is 2. The Labute approximate surface area is 156 Å². The Bertz CT molecular complexity index is 1130. The molecule has 0 atom stereocenters. The SMILES string of the molecule is CC(=O)c1cccc(Nc2nccc(Oc3ccc4[nH]c(C)cc4c3)n2)c1. The molecule has 0 amide bonds. The number of rotatable bonds is 5. The number of carbonyl (C=O) groups excluding carboxylic acids is 1. The van der Waals surface area contributed by atoms with Gasteiger partial charge < -0.3 is 15.0 Å². The number of nitrogens with zero attached hydrogens (tertiary/aromatic N) is 2. The maximum atomic E-state index is 11.5. The van der Waals surface area contributed by atoms with Crippen molar-refractivity contribution in [1.82, 2.24) is 15.0 Å². The molecule has 2 heterocycles. The fraction of sp³-hybridized carbons (Fsp3) is 0.0952. The second-order valence-electron chi connectivity index (χ2n) is 6.28. The van der Waals surface area contributed by atoms with Crippen LogP contribution < -0.4 is 10.1 Å². The molecule has 0 radical (unpaired) electrons. The summed E-state index contributed by atoms with van der Waals surface area (Å²) in [6.07, 6.45) is 1.62. The molecule has 134 valence electrons. The van der Waals surface area contributed by atoms with Crippen LogP contribution in [-0.2, 0) is 0 Å². The van der Waals surface area contributed by atoms with E-state index in [1.165, 1.54) is 6.92 Å². The number of ether oxygens (including phenoxy) is 1. The first-order valence-corrected chi connectivity index (χ1v) is 8.55. The minimum atomic E-state index is 0.00652. The summed E-state index contributed by atoms with van der Waals surface area (Å²) in [6, 6.07) is 16.8. The summed E-state index contributed by atoms with van der Waals surface area (Å²) in [4.78, 5) is 23.4. The van der Waals surface area contributed by atoms with Gasteiger partial charge in [-0.05, 0) is 50.2 Å². The molecule has 0 aliphatic heterocycles. The summed E-state index contributed by atoms with van der Waals surface area (Å²) in [5.41, 5.74) is 3.53. The van der Waals surface area contributed by atoms with Crippen molar-refractivity contribution in [2.45, 2.75) is 13.8 Å². The molecule has 2 aromatic heterocycles. The summed E-state index contributed by atoms with van der Waals surface area (Å²) >= 11 is 0. The van der Waals surface area contributed by atoms with E-state index in [4.69, 9.17) is 4.74 Å². The van der Waals surface area contributed by atoms with Crippen molar-refractivity contribution >= 4 is 28.3 Å². The van der Waals surface area contributed by atoms with Crippen molar-refractivity contribution in [3.05, 3.63) is 72.1 Å². The predicted molar refractivity (Wildman–Crippen MR) is 105 cm³/mol. The lowest BCUT2D eigenvalue weighted by Gasteiger charge is -2.08. The van der Waals surface area contributed by atoms with Crippen LogP contribution in [0.15, 0.2) is 60.8 Å². The van der Waals surface area contributed by atoms with Gasteiger partial charge >= 0.3 is 0 Å². The van der Waals surface area contributed by atoms with Crippen LogP contribution in [0.25, 0.3) is 10.9 Å². The maximum absolute atomic E-state index is 11.5. The summed E-state index contributed by atoms with van der Waals surface area (Å²) in [5, 5.41) is 4.18. The number of ketones is 1. The highest BCUT2D eigenvalue weighted by Crippen LogP contribution is 2.26. The molecule has 4 aromatic rings. The minimum Gasteiger partial charge on any atom is -0.439 e. The number of Topliss-reactive ketones (excluding diaryl/α,β-unsaturated/α-hetero) is 1. The number of aromatic nitrogens is 3. The van der Waals surface area contributed by atoms with Gasteiger partial charge in [0.15, 0.2) is 5.78 Å². The number of anilines is 2. The number of benzene rings is 2. The van der Waals surface area contributed by atoms with Crippen molar-refractivity contribution in [3.8, 4) is 11.6 Å². The monoisotopic (exact) mass is 358 g/mol. The van der Waals surface area contributed by atoms with E-state index in [-0.39, 0.29) is 5.78 Å².